The number of carbonyl (C=O) groups excluding carboxylic acids is 1. The number of rotatable bonds is 7. The molecule has 2 N–H and O–H groups in total. The molecule has 1 aromatic heterocycles. The highest BCUT2D eigenvalue weighted by Gasteiger charge is 2.13. The Labute approximate surface area is 115 Å². The van der Waals surface area contributed by atoms with Gasteiger partial charge >= 0.3 is 0 Å². The number of nitrogens with one attached hydrogen (secondary N) is 1. The number of aliphatic hydroxyl groups excluding tert-OH is 1. The fourth-order valence-electron chi connectivity index (χ4n) is 2.07. The van der Waals surface area contributed by atoms with Crippen molar-refractivity contribution >= 4 is 5.91 Å². The van der Waals surface area contributed by atoms with Gasteiger partial charge in [0, 0.05) is 31.5 Å². The van der Waals surface area contributed by atoms with Crippen LogP contribution in [-0.2, 0) is 18.3 Å². The molecule has 0 bridgehead atoms. The van der Waals surface area contributed by atoms with Crippen LogP contribution in [0.4, 0.5) is 0 Å². The Morgan fingerprint density at radius 3 is 2.68 bits per heavy atom. The molecule has 1 atom stereocenters. The zero-order valence-electron chi connectivity index (χ0n) is 12.4. The second-order valence-electron chi connectivity index (χ2n) is 5.23. The molecule has 1 amide bonds. The van der Waals surface area contributed by atoms with E-state index in [0.717, 1.165) is 29.8 Å². The summed E-state index contributed by atoms with van der Waals surface area (Å²) in [6.07, 6.45) is 2.22. The maximum absolute atomic E-state index is 11.8. The Hall–Kier alpha value is -1.36. The lowest BCUT2D eigenvalue weighted by molar-refractivity contribution is -0.120. The van der Waals surface area contributed by atoms with E-state index in [1.807, 2.05) is 27.8 Å². The van der Waals surface area contributed by atoms with E-state index in [1.165, 1.54) is 0 Å². The molecule has 0 radical (unpaired) electrons. The highest BCUT2D eigenvalue weighted by Crippen LogP contribution is 2.12. The van der Waals surface area contributed by atoms with E-state index in [0.29, 0.717) is 18.9 Å². The van der Waals surface area contributed by atoms with Crippen molar-refractivity contribution in [2.45, 2.75) is 40.0 Å². The quantitative estimate of drug-likeness (QED) is 0.727. The first-order valence-electron chi connectivity index (χ1n) is 6.82. The normalized spacial score (nSPS) is 12.5. The van der Waals surface area contributed by atoms with Crippen LogP contribution in [0.25, 0.3) is 0 Å². The van der Waals surface area contributed by atoms with Gasteiger partial charge in [0.1, 0.15) is 0 Å². The minimum atomic E-state index is 0.0378. The second kappa shape index (κ2) is 7.28. The van der Waals surface area contributed by atoms with Crippen LogP contribution in [0.1, 0.15) is 36.7 Å². The summed E-state index contributed by atoms with van der Waals surface area (Å²) in [4.78, 5) is 11.8. The topological polar surface area (TPSA) is 67.2 Å². The minimum Gasteiger partial charge on any atom is -0.396 e. The van der Waals surface area contributed by atoms with Crippen molar-refractivity contribution in [3.05, 3.63) is 17.0 Å². The van der Waals surface area contributed by atoms with Crippen LogP contribution in [0.5, 0.6) is 0 Å². The number of aliphatic hydroxyl groups is 1. The third kappa shape index (κ3) is 4.67. The first kappa shape index (κ1) is 15.7. The summed E-state index contributed by atoms with van der Waals surface area (Å²) in [5, 5.41) is 16.1. The van der Waals surface area contributed by atoms with Crippen LogP contribution >= 0.6 is 0 Å². The Morgan fingerprint density at radius 1 is 1.47 bits per heavy atom. The summed E-state index contributed by atoms with van der Waals surface area (Å²) in [7, 11) is 1.89. The van der Waals surface area contributed by atoms with Gasteiger partial charge in [0.05, 0.1) is 12.1 Å². The van der Waals surface area contributed by atoms with E-state index in [1.54, 1.807) is 4.68 Å². The summed E-state index contributed by atoms with van der Waals surface area (Å²) in [6, 6.07) is 0. The van der Waals surface area contributed by atoms with Gasteiger partial charge in [-0.3, -0.25) is 9.48 Å². The first-order chi connectivity index (χ1) is 8.95. The summed E-state index contributed by atoms with van der Waals surface area (Å²) < 4.78 is 1.81. The van der Waals surface area contributed by atoms with Crippen molar-refractivity contribution in [2.75, 3.05) is 13.2 Å². The number of carbonyl (C=O) groups is 1. The van der Waals surface area contributed by atoms with Crippen LogP contribution in [0.15, 0.2) is 0 Å². The maximum Gasteiger partial charge on any atom is 0.224 e. The zero-order valence-corrected chi connectivity index (χ0v) is 12.4. The molecule has 0 aromatic carbocycles. The van der Waals surface area contributed by atoms with Crippen molar-refractivity contribution in [3.8, 4) is 0 Å². The number of nitrogens with zero attached hydrogens (tertiary/aromatic N) is 2. The molecule has 0 aliphatic rings. The van der Waals surface area contributed by atoms with Crippen LogP contribution in [0.2, 0.25) is 0 Å². The van der Waals surface area contributed by atoms with Gasteiger partial charge in [-0.05, 0) is 32.6 Å². The van der Waals surface area contributed by atoms with Crippen LogP contribution in [-0.4, -0.2) is 33.9 Å². The van der Waals surface area contributed by atoms with Crippen LogP contribution < -0.4 is 5.32 Å². The largest absolute Gasteiger partial charge is 0.396 e. The minimum absolute atomic E-state index is 0.0378. The van der Waals surface area contributed by atoms with Crippen molar-refractivity contribution < 1.29 is 9.90 Å². The maximum atomic E-state index is 11.8. The van der Waals surface area contributed by atoms with E-state index in [2.05, 4.69) is 10.4 Å². The Morgan fingerprint density at radius 2 is 2.16 bits per heavy atom. The molecule has 5 heteroatoms. The summed E-state index contributed by atoms with van der Waals surface area (Å²) in [5.74, 6) is 0.343. The standard InChI is InChI=1S/C14H25N3O2/c1-10(9-18)6-5-7-15-14(19)8-13-11(2)16-17(4)12(13)3/h10,18H,5-9H2,1-4H3,(H,15,19). The average Bonchev–Trinajstić information content (AvgIpc) is 2.61. The molecule has 19 heavy (non-hydrogen) atoms. The molecule has 0 aliphatic carbocycles. The molecule has 5 nitrogen and oxygen atoms in total. The van der Waals surface area contributed by atoms with Crippen molar-refractivity contribution in [1.29, 1.82) is 0 Å². The fourth-order valence-corrected chi connectivity index (χ4v) is 2.07. The van der Waals surface area contributed by atoms with Gasteiger partial charge in [0.2, 0.25) is 5.91 Å². The van der Waals surface area contributed by atoms with Gasteiger partial charge in [-0.1, -0.05) is 6.92 Å². The predicted octanol–water partition coefficient (Wildman–Crippen LogP) is 1.10. The average molecular weight is 267 g/mol. The fraction of sp³-hybridized carbons (Fsp3) is 0.714. The Kier molecular flexibility index (Phi) is 6.02. The highest BCUT2D eigenvalue weighted by molar-refractivity contribution is 5.79. The Bertz CT molecular complexity index is 427. The molecule has 1 heterocycles. The van der Waals surface area contributed by atoms with Crippen molar-refractivity contribution in [1.82, 2.24) is 15.1 Å². The number of aromatic nitrogens is 2. The van der Waals surface area contributed by atoms with Gasteiger partial charge in [-0.15, -0.1) is 0 Å². The Balaban J connectivity index is 2.35. The molecular weight excluding hydrogens is 242 g/mol. The van der Waals surface area contributed by atoms with Crippen LogP contribution in [0, 0.1) is 19.8 Å². The van der Waals surface area contributed by atoms with Gasteiger partial charge in [0.25, 0.3) is 0 Å². The monoisotopic (exact) mass is 267 g/mol. The summed E-state index contributed by atoms with van der Waals surface area (Å²) in [6.45, 7) is 6.79. The van der Waals surface area contributed by atoms with Crippen molar-refractivity contribution in [2.24, 2.45) is 13.0 Å². The van der Waals surface area contributed by atoms with E-state index < -0.39 is 0 Å². The molecule has 1 unspecified atom stereocenters. The lowest BCUT2D eigenvalue weighted by Gasteiger charge is -2.08. The smallest absolute Gasteiger partial charge is 0.224 e. The van der Waals surface area contributed by atoms with E-state index in [4.69, 9.17) is 5.11 Å². The third-order valence-electron chi connectivity index (χ3n) is 3.50. The molecule has 1 aromatic rings. The number of aryl methyl sites for hydroxylation is 2. The molecule has 0 spiro atoms. The van der Waals surface area contributed by atoms with Gasteiger partial charge in [0.15, 0.2) is 0 Å². The number of hydrogen-bond donors (Lipinski definition) is 2. The number of hydrogen-bond acceptors (Lipinski definition) is 3. The summed E-state index contributed by atoms with van der Waals surface area (Å²) >= 11 is 0. The molecule has 0 fully saturated rings. The lowest BCUT2D eigenvalue weighted by atomic mass is 10.1. The lowest BCUT2D eigenvalue weighted by Crippen LogP contribution is -2.26. The molecule has 0 saturated carbocycles. The predicted molar refractivity (Wildman–Crippen MR) is 74.9 cm³/mol. The summed E-state index contributed by atoms with van der Waals surface area (Å²) in [5.41, 5.74) is 2.98. The van der Waals surface area contributed by atoms with Gasteiger partial charge < -0.3 is 10.4 Å². The molecule has 108 valence electrons. The molecular formula is C14H25N3O2. The molecule has 0 saturated heterocycles. The van der Waals surface area contributed by atoms with E-state index in [-0.39, 0.29) is 12.5 Å². The second-order valence-corrected chi connectivity index (χ2v) is 5.23. The number of amides is 1. The van der Waals surface area contributed by atoms with Gasteiger partial charge in [-0.25, -0.2) is 0 Å². The zero-order chi connectivity index (χ0) is 14.4. The first-order valence-corrected chi connectivity index (χ1v) is 6.82. The van der Waals surface area contributed by atoms with Gasteiger partial charge in [-0.2, -0.15) is 5.10 Å². The third-order valence-corrected chi connectivity index (χ3v) is 3.50. The molecule has 0 aliphatic heterocycles. The highest BCUT2D eigenvalue weighted by atomic mass is 16.3. The SMILES string of the molecule is Cc1nn(C)c(C)c1CC(=O)NCCCC(C)CO. The molecule has 1 rings (SSSR count). The van der Waals surface area contributed by atoms with Crippen molar-refractivity contribution in [3.63, 3.8) is 0 Å². The van der Waals surface area contributed by atoms with E-state index >= 15 is 0 Å². The van der Waals surface area contributed by atoms with Crippen LogP contribution in [0.3, 0.4) is 0 Å². The van der Waals surface area contributed by atoms with E-state index in [9.17, 15) is 4.79 Å².